The van der Waals surface area contributed by atoms with Crippen molar-refractivity contribution in [1.82, 2.24) is 0 Å². The largest absolute Gasteiger partial charge is 0.489 e. The van der Waals surface area contributed by atoms with Gasteiger partial charge in [0.25, 0.3) is 0 Å². The molecule has 0 heterocycles. The van der Waals surface area contributed by atoms with E-state index in [9.17, 15) is 0 Å². The summed E-state index contributed by atoms with van der Waals surface area (Å²) in [5, 5.41) is 8.90. The van der Waals surface area contributed by atoms with Crippen molar-refractivity contribution in [2.24, 2.45) is 0 Å². The van der Waals surface area contributed by atoms with Crippen LogP contribution in [0.4, 0.5) is 5.69 Å². The van der Waals surface area contributed by atoms with Gasteiger partial charge in [-0.3, -0.25) is 0 Å². The minimum Gasteiger partial charge on any atom is -0.489 e. The monoisotopic (exact) mass is 204 g/mol. The van der Waals surface area contributed by atoms with Gasteiger partial charge in [-0.1, -0.05) is 13.3 Å². The van der Waals surface area contributed by atoms with Crippen LogP contribution >= 0.6 is 0 Å². The Morgan fingerprint density at radius 1 is 1.53 bits per heavy atom. The van der Waals surface area contributed by atoms with Gasteiger partial charge in [0.15, 0.2) is 0 Å². The normalized spacial score (nSPS) is 11.8. The average molecular weight is 204 g/mol. The molecule has 1 aromatic rings. The summed E-state index contributed by atoms with van der Waals surface area (Å²) < 4.78 is 5.65. The van der Waals surface area contributed by atoms with Crippen LogP contribution in [0.2, 0.25) is 0 Å². The van der Waals surface area contributed by atoms with E-state index >= 15 is 0 Å². The minimum absolute atomic E-state index is 0.130. The Kier molecular flexibility index (Phi) is 3.99. The van der Waals surface area contributed by atoms with Crippen LogP contribution in [0.5, 0.6) is 5.75 Å². The summed E-state index contributed by atoms with van der Waals surface area (Å²) >= 11 is 0. The van der Waals surface area contributed by atoms with Crippen LogP contribution in [0.1, 0.15) is 32.3 Å². The second kappa shape index (κ2) is 5.26. The zero-order valence-electron chi connectivity index (χ0n) is 9.16. The molecule has 1 aromatic carbocycles. The molecule has 0 aliphatic heterocycles. The number of nitriles is 1. The Morgan fingerprint density at radius 3 is 2.87 bits per heavy atom. The summed E-state index contributed by atoms with van der Waals surface area (Å²) in [6.07, 6.45) is 2.18. The first kappa shape index (κ1) is 11.4. The first-order valence-corrected chi connectivity index (χ1v) is 5.13. The molecule has 0 aromatic heterocycles. The van der Waals surface area contributed by atoms with Gasteiger partial charge in [-0.25, -0.2) is 0 Å². The van der Waals surface area contributed by atoms with E-state index in [-0.39, 0.29) is 6.10 Å². The zero-order valence-corrected chi connectivity index (χ0v) is 9.16. The van der Waals surface area contributed by atoms with Crippen LogP contribution < -0.4 is 10.5 Å². The Balaban J connectivity index is 2.81. The predicted molar refractivity (Wildman–Crippen MR) is 60.6 cm³/mol. The molecule has 3 nitrogen and oxygen atoms in total. The molecule has 1 rings (SSSR count). The number of rotatable bonds is 4. The number of ether oxygens (including phenoxy) is 1. The molecular formula is C12H16N2O. The lowest BCUT2D eigenvalue weighted by Crippen LogP contribution is -2.11. The van der Waals surface area contributed by atoms with Crippen LogP contribution in [0.15, 0.2) is 18.2 Å². The van der Waals surface area contributed by atoms with E-state index < -0.39 is 0 Å². The highest BCUT2D eigenvalue weighted by Gasteiger charge is 2.07. The lowest BCUT2D eigenvalue weighted by atomic mass is 10.2. The lowest BCUT2D eigenvalue weighted by molar-refractivity contribution is 0.209. The van der Waals surface area contributed by atoms with Crippen LogP contribution in [-0.4, -0.2) is 6.10 Å². The minimum atomic E-state index is 0.130. The maximum Gasteiger partial charge on any atom is 0.137 e. The van der Waals surface area contributed by atoms with Crippen molar-refractivity contribution >= 4 is 5.69 Å². The van der Waals surface area contributed by atoms with Gasteiger partial charge in [0.05, 0.1) is 11.7 Å². The van der Waals surface area contributed by atoms with Crippen LogP contribution in [0.25, 0.3) is 0 Å². The van der Waals surface area contributed by atoms with Crippen molar-refractivity contribution < 1.29 is 4.74 Å². The van der Waals surface area contributed by atoms with Gasteiger partial charge >= 0.3 is 0 Å². The topological polar surface area (TPSA) is 59.0 Å². The maximum atomic E-state index is 8.90. The first-order valence-electron chi connectivity index (χ1n) is 5.13. The van der Waals surface area contributed by atoms with Crippen molar-refractivity contribution in [3.05, 3.63) is 23.8 Å². The molecule has 0 saturated heterocycles. The molecule has 0 aliphatic carbocycles. The molecule has 80 valence electrons. The molecule has 0 fully saturated rings. The van der Waals surface area contributed by atoms with Crippen molar-refractivity contribution in [3.8, 4) is 11.8 Å². The number of hydrogen-bond acceptors (Lipinski definition) is 3. The van der Waals surface area contributed by atoms with E-state index in [0.717, 1.165) is 12.8 Å². The van der Waals surface area contributed by atoms with Gasteiger partial charge in [-0.15, -0.1) is 0 Å². The number of anilines is 1. The standard InChI is InChI=1S/C12H16N2O/c1-3-4-9(2)15-12-6-5-11(14)7-10(12)8-13/h5-7,9H,3-4,14H2,1-2H3. The van der Waals surface area contributed by atoms with E-state index in [4.69, 9.17) is 15.7 Å². The van der Waals surface area contributed by atoms with Crippen LogP contribution in [-0.2, 0) is 0 Å². The van der Waals surface area contributed by atoms with Gasteiger partial charge in [-0.05, 0) is 31.5 Å². The molecule has 0 amide bonds. The summed E-state index contributed by atoms with van der Waals surface area (Å²) in [4.78, 5) is 0. The van der Waals surface area contributed by atoms with E-state index in [2.05, 4.69) is 13.0 Å². The van der Waals surface area contributed by atoms with Crippen molar-refractivity contribution in [3.63, 3.8) is 0 Å². The maximum absolute atomic E-state index is 8.90. The highest BCUT2D eigenvalue weighted by molar-refractivity contribution is 5.53. The van der Waals surface area contributed by atoms with Gasteiger partial charge in [0.2, 0.25) is 0 Å². The summed E-state index contributed by atoms with van der Waals surface area (Å²) in [7, 11) is 0. The molecule has 3 heteroatoms. The van der Waals surface area contributed by atoms with E-state index in [1.54, 1.807) is 18.2 Å². The summed E-state index contributed by atoms with van der Waals surface area (Å²) in [6, 6.07) is 7.21. The number of benzene rings is 1. The fourth-order valence-electron chi connectivity index (χ4n) is 1.42. The predicted octanol–water partition coefficient (Wildman–Crippen LogP) is 2.71. The van der Waals surface area contributed by atoms with Gasteiger partial charge in [0, 0.05) is 5.69 Å². The molecule has 1 unspecified atom stereocenters. The van der Waals surface area contributed by atoms with Crippen LogP contribution in [0.3, 0.4) is 0 Å². The molecule has 0 bridgehead atoms. The number of nitrogens with zero attached hydrogens (tertiary/aromatic N) is 1. The quantitative estimate of drug-likeness (QED) is 0.767. The lowest BCUT2D eigenvalue weighted by Gasteiger charge is -2.14. The molecule has 0 spiro atoms. The van der Waals surface area contributed by atoms with Gasteiger partial charge in [-0.2, -0.15) is 5.26 Å². The highest BCUT2D eigenvalue weighted by atomic mass is 16.5. The highest BCUT2D eigenvalue weighted by Crippen LogP contribution is 2.22. The summed E-state index contributed by atoms with van der Waals surface area (Å²) in [5.41, 5.74) is 6.67. The zero-order chi connectivity index (χ0) is 11.3. The SMILES string of the molecule is CCCC(C)Oc1ccc(N)cc1C#N. The Labute approximate surface area is 90.5 Å². The van der Waals surface area contributed by atoms with Gasteiger partial charge < -0.3 is 10.5 Å². The third kappa shape index (κ3) is 3.17. The summed E-state index contributed by atoms with van der Waals surface area (Å²) in [5.74, 6) is 0.618. The molecule has 0 saturated carbocycles. The third-order valence-corrected chi connectivity index (χ3v) is 2.15. The summed E-state index contributed by atoms with van der Waals surface area (Å²) in [6.45, 7) is 4.11. The molecule has 0 aliphatic rings. The first-order chi connectivity index (χ1) is 7.17. The molecule has 1 atom stereocenters. The molecule has 0 radical (unpaired) electrons. The Morgan fingerprint density at radius 2 is 2.27 bits per heavy atom. The average Bonchev–Trinajstić information content (AvgIpc) is 2.21. The molecule has 15 heavy (non-hydrogen) atoms. The fraction of sp³-hybridized carbons (Fsp3) is 0.417. The fourth-order valence-corrected chi connectivity index (χ4v) is 1.42. The smallest absolute Gasteiger partial charge is 0.137 e. The number of hydrogen-bond donors (Lipinski definition) is 1. The third-order valence-electron chi connectivity index (χ3n) is 2.15. The van der Waals surface area contributed by atoms with Gasteiger partial charge in [0.1, 0.15) is 11.8 Å². The molecular weight excluding hydrogens is 188 g/mol. The Bertz CT molecular complexity index is 368. The second-order valence-electron chi connectivity index (χ2n) is 3.58. The number of nitrogens with two attached hydrogens (primary N) is 1. The van der Waals surface area contributed by atoms with Crippen molar-refractivity contribution in [2.75, 3.05) is 5.73 Å². The van der Waals surface area contributed by atoms with E-state index in [1.165, 1.54) is 0 Å². The number of nitrogen functional groups attached to an aromatic ring is 1. The van der Waals surface area contributed by atoms with E-state index in [1.807, 2.05) is 6.92 Å². The van der Waals surface area contributed by atoms with Crippen molar-refractivity contribution in [1.29, 1.82) is 5.26 Å². The van der Waals surface area contributed by atoms with Crippen LogP contribution in [0, 0.1) is 11.3 Å². The van der Waals surface area contributed by atoms with E-state index in [0.29, 0.717) is 17.0 Å². The van der Waals surface area contributed by atoms with Crippen molar-refractivity contribution in [2.45, 2.75) is 32.8 Å². The Hall–Kier alpha value is -1.69. The second-order valence-corrected chi connectivity index (χ2v) is 3.58. The molecule has 2 N–H and O–H groups in total.